The summed E-state index contributed by atoms with van der Waals surface area (Å²) < 4.78 is 0. The number of hydrogen-bond donors (Lipinski definition) is 1. The summed E-state index contributed by atoms with van der Waals surface area (Å²) in [5, 5.41) is 3.82. The van der Waals surface area contributed by atoms with Crippen LogP contribution in [0.2, 0.25) is 0 Å². The van der Waals surface area contributed by atoms with Crippen molar-refractivity contribution in [3.63, 3.8) is 0 Å². The van der Waals surface area contributed by atoms with E-state index in [2.05, 4.69) is 17.2 Å². The monoisotopic (exact) mass is 191 g/mol. The van der Waals surface area contributed by atoms with E-state index < -0.39 is 0 Å². The Hall–Kier alpha value is -0.480. The van der Waals surface area contributed by atoms with Crippen LogP contribution in [-0.4, -0.2) is 12.1 Å². The molecule has 0 bridgehead atoms. The maximum Gasteiger partial charge on any atom is 0.0103 e. The lowest BCUT2D eigenvalue weighted by atomic mass is 9.94. The fourth-order valence-corrected chi connectivity index (χ4v) is 2.58. The van der Waals surface area contributed by atoms with Crippen LogP contribution >= 0.6 is 0 Å². The van der Waals surface area contributed by atoms with Gasteiger partial charge in [-0.05, 0) is 25.7 Å². The third kappa shape index (κ3) is 3.03. The molecule has 2 aliphatic carbocycles. The molecule has 0 spiro atoms. The first-order valence-corrected chi connectivity index (χ1v) is 6.17. The lowest BCUT2D eigenvalue weighted by molar-refractivity contribution is 0.322. The van der Waals surface area contributed by atoms with E-state index in [0.717, 1.165) is 24.9 Å². The van der Waals surface area contributed by atoms with Gasteiger partial charge in [0.05, 0.1) is 0 Å². The molecular formula is C13H21N. The van der Waals surface area contributed by atoms with E-state index in [9.17, 15) is 0 Å². The van der Waals surface area contributed by atoms with Crippen molar-refractivity contribution in [2.24, 2.45) is 0 Å². The Morgan fingerprint density at radius 1 is 0.714 bits per heavy atom. The Balaban J connectivity index is 1.73. The largest absolute Gasteiger partial charge is 0.311 e. The van der Waals surface area contributed by atoms with Gasteiger partial charge < -0.3 is 5.32 Å². The van der Waals surface area contributed by atoms with Gasteiger partial charge in [0.25, 0.3) is 0 Å². The molecule has 1 saturated carbocycles. The highest BCUT2D eigenvalue weighted by atomic mass is 14.9. The summed E-state index contributed by atoms with van der Waals surface area (Å²) in [6.45, 7) is 0. The highest BCUT2D eigenvalue weighted by Gasteiger charge is 2.17. The molecule has 2 rings (SSSR count). The molecule has 1 N–H and O–H groups in total. The van der Waals surface area contributed by atoms with Gasteiger partial charge in [-0.1, -0.05) is 19.3 Å². The Labute approximate surface area is 87.7 Å². The molecule has 0 unspecified atom stereocenters. The molecule has 2 aliphatic rings. The second kappa shape index (κ2) is 5.41. The summed E-state index contributed by atoms with van der Waals surface area (Å²) >= 11 is 0. The molecule has 1 heteroatoms. The Morgan fingerprint density at radius 2 is 1.29 bits per heavy atom. The van der Waals surface area contributed by atoms with Crippen molar-refractivity contribution in [2.75, 3.05) is 0 Å². The molecule has 14 heavy (non-hydrogen) atoms. The van der Waals surface area contributed by atoms with Crippen LogP contribution in [0.15, 0.2) is 0 Å². The van der Waals surface area contributed by atoms with Crippen molar-refractivity contribution >= 4 is 0 Å². The molecular weight excluding hydrogens is 170 g/mol. The Kier molecular flexibility index (Phi) is 3.89. The van der Waals surface area contributed by atoms with Gasteiger partial charge in [0, 0.05) is 24.9 Å². The third-order valence-corrected chi connectivity index (χ3v) is 3.44. The van der Waals surface area contributed by atoms with Gasteiger partial charge >= 0.3 is 0 Å². The molecule has 0 aliphatic heterocycles. The van der Waals surface area contributed by atoms with Crippen LogP contribution in [0, 0.1) is 11.8 Å². The standard InChI is InChI=1S/C13H21N/c1-2-5-9-12(8-4-1)14-13-10-6-3-7-11-13/h12-14H,3-11H2. The summed E-state index contributed by atoms with van der Waals surface area (Å²) in [7, 11) is 0. The quantitative estimate of drug-likeness (QED) is 0.662. The van der Waals surface area contributed by atoms with Crippen LogP contribution in [0.3, 0.4) is 0 Å². The highest BCUT2D eigenvalue weighted by Crippen LogP contribution is 2.19. The van der Waals surface area contributed by atoms with Crippen molar-refractivity contribution in [3.05, 3.63) is 0 Å². The number of nitrogens with one attached hydrogen (secondary N) is 1. The lowest BCUT2D eigenvalue weighted by Gasteiger charge is -2.27. The highest BCUT2D eigenvalue weighted by molar-refractivity contribution is 5.02. The van der Waals surface area contributed by atoms with Crippen LogP contribution in [0.4, 0.5) is 0 Å². The third-order valence-electron chi connectivity index (χ3n) is 3.44. The molecule has 78 valence electrons. The number of hydrogen-bond acceptors (Lipinski definition) is 1. The zero-order chi connectivity index (χ0) is 9.64. The number of rotatable bonds is 2. The van der Waals surface area contributed by atoms with Crippen LogP contribution in [0.25, 0.3) is 0 Å². The first kappa shape index (κ1) is 10.1. The fourth-order valence-electron chi connectivity index (χ4n) is 2.58. The van der Waals surface area contributed by atoms with Crippen molar-refractivity contribution < 1.29 is 0 Å². The molecule has 0 atom stereocenters. The average molecular weight is 191 g/mol. The Morgan fingerprint density at radius 3 is 1.93 bits per heavy atom. The fraction of sp³-hybridized carbons (Fsp3) is 0.846. The van der Waals surface area contributed by atoms with E-state index >= 15 is 0 Å². The minimum atomic E-state index is 0.737. The first-order chi connectivity index (χ1) is 6.95. The first-order valence-electron chi connectivity index (χ1n) is 6.17. The van der Waals surface area contributed by atoms with Gasteiger partial charge in [-0.15, -0.1) is 11.8 Å². The maximum atomic E-state index is 3.82. The van der Waals surface area contributed by atoms with Gasteiger partial charge in [0.2, 0.25) is 0 Å². The van der Waals surface area contributed by atoms with Gasteiger partial charge in [0.1, 0.15) is 0 Å². The molecule has 1 fully saturated rings. The molecule has 0 amide bonds. The summed E-state index contributed by atoms with van der Waals surface area (Å²) in [5.74, 6) is 6.45. The van der Waals surface area contributed by atoms with Crippen molar-refractivity contribution in [3.8, 4) is 11.8 Å². The molecule has 0 saturated heterocycles. The van der Waals surface area contributed by atoms with Crippen molar-refractivity contribution in [1.29, 1.82) is 0 Å². The molecule has 0 aromatic heterocycles. The van der Waals surface area contributed by atoms with Gasteiger partial charge in [-0.25, -0.2) is 0 Å². The lowest BCUT2D eigenvalue weighted by Crippen LogP contribution is -2.39. The van der Waals surface area contributed by atoms with E-state index in [1.54, 1.807) is 0 Å². The van der Waals surface area contributed by atoms with Crippen LogP contribution < -0.4 is 5.32 Å². The SMILES string of the molecule is C1#CCCC(NC2CCCCC2)CC1. The molecule has 0 aromatic carbocycles. The van der Waals surface area contributed by atoms with Gasteiger partial charge in [0.15, 0.2) is 0 Å². The van der Waals surface area contributed by atoms with Gasteiger partial charge in [-0.2, -0.15) is 0 Å². The van der Waals surface area contributed by atoms with E-state index in [1.165, 1.54) is 44.9 Å². The van der Waals surface area contributed by atoms with Crippen LogP contribution in [-0.2, 0) is 0 Å². The second-order valence-corrected chi connectivity index (χ2v) is 4.63. The molecule has 0 aromatic rings. The second-order valence-electron chi connectivity index (χ2n) is 4.63. The normalized spacial score (nSPS) is 25.1. The minimum absolute atomic E-state index is 0.737. The Bertz CT molecular complexity index is 205. The molecule has 1 nitrogen and oxygen atoms in total. The zero-order valence-electron chi connectivity index (χ0n) is 9.02. The van der Waals surface area contributed by atoms with Crippen molar-refractivity contribution in [2.45, 2.75) is 69.9 Å². The smallest absolute Gasteiger partial charge is 0.0103 e. The topological polar surface area (TPSA) is 12.0 Å². The van der Waals surface area contributed by atoms with Crippen LogP contribution in [0.5, 0.6) is 0 Å². The molecule has 0 heterocycles. The van der Waals surface area contributed by atoms with E-state index in [1.807, 2.05) is 0 Å². The van der Waals surface area contributed by atoms with E-state index in [0.29, 0.717) is 0 Å². The summed E-state index contributed by atoms with van der Waals surface area (Å²) in [6.07, 6.45) is 11.9. The zero-order valence-corrected chi connectivity index (χ0v) is 9.02. The van der Waals surface area contributed by atoms with Gasteiger partial charge in [-0.3, -0.25) is 0 Å². The van der Waals surface area contributed by atoms with E-state index in [4.69, 9.17) is 0 Å². The average Bonchev–Trinajstić information content (AvgIpc) is 2.48. The molecule has 0 radical (unpaired) electrons. The minimum Gasteiger partial charge on any atom is -0.311 e. The van der Waals surface area contributed by atoms with Crippen LogP contribution in [0.1, 0.15) is 57.8 Å². The summed E-state index contributed by atoms with van der Waals surface area (Å²) in [5.41, 5.74) is 0. The van der Waals surface area contributed by atoms with E-state index in [-0.39, 0.29) is 0 Å². The predicted octanol–water partition coefficient (Wildman–Crippen LogP) is 2.85. The van der Waals surface area contributed by atoms with Crippen molar-refractivity contribution in [1.82, 2.24) is 5.32 Å². The predicted molar refractivity (Wildman–Crippen MR) is 60.0 cm³/mol. The maximum absolute atomic E-state index is 3.82. The summed E-state index contributed by atoms with van der Waals surface area (Å²) in [6, 6.07) is 1.55. The summed E-state index contributed by atoms with van der Waals surface area (Å²) in [4.78, 5) is 0.